The first kappa shape index (κ1) is 65.0. The van der Waals surface area contributed by atoms with E-state index in [1.165, 1.54) is 40.1 Å². The van der Waals surface area contributed by atoms with E-state index in [0.29, 0.717) is 52.3 Å². The number of carbonyl (C=O) groups excluding carboxylic acids is 1. The number of aliphatic carboxylic acids is 4. The number of carbonyl (C=O) groups is 4. The molecule has 2 aliphatic rings. The molecular weight excluding hydrogens is 1130 g/mol. The van der Waals surface area contributed by atoms with E-state index in [9.17, 15) is 85.3 Å². The second-order valence-electron chi connectivity index (χ2n) is 20.1. The number of aliphatic hydroxyl groups is 8. The number of aromatic nitrogens is 2. The number of rotatable bonds is 26. The van der Waals surface area contributed by atoms with Gasteiger partial charge in [0, 0.05) is 55.0 Å². The number of benzene rings is 3. The first-order valence-electron chi connectivity index (χ1n) is 26.5. The molecule has 10 atom stereocenters. The zero-order valence-electron chi connectivity index (χ0n) is 45.7. The second kappa shape index (κ2) is 31.0. The van der Waals surface area contributed by atoms with Crippen LogP contribution in [0.15, 0.2) is 102 Å². The summed E-state index contributed by atoms with van der Waals surface area (Å²) in [6.45, 7) is -3.96. The Labute approximate surface area is 490 Å². The van der Waals surface area contributed by atoms with Gasteiger partial charge >= 0.3 is 23.9 Å². The molecule has 0 spiro atoms. The van der Waals surface area contributed by atoms with Crippen molar-refractivity contribution in [2.75, 3.05) is 45.9 Å². The van der Waals surface area contributed by atoms with Crippen LogP contribution in [0.2, 0.25) is 0 Å². The molecule has 4 heterocycles. The smallest absolute Gasteiger partial charge is 0.317 e. The standard InChI is InChI=1S/C59H62N6O21/c66-31-46-52(77)54(79)56(81)58(85-46)83-44-13-7-34(8-14-44)1-3-37-19-40(61-42(21-37)25-64(27-48(69)70)28-49(71)72)23-63(18-17-36-5-11-39(12-6-36)60-33-68)24-41-20-38(22-43(62-41)26-65(29-50(73)74)30-51(75)76)4-2-35-9-15-45(16-10-35)84-59-57(82)55(80)53(78)47(32-67)86-59/h5-16,19-22,46-47,52-59,66-67,77-82H,17-18,23-32H2,(H,69,70)(H,71,72)(H,73,74)(H,75,76)/t46-,47-,52+,53+,54+,55+,56-,57-,58+,59+/m1/s1. The quantitative estimate of drug-likeness (QED) is 0.0176. The SMILES string of the molecule is O=C=Nc1ccc(CCN(Cc2cc(C#Cc3ccc(O[C@H]4O[C@H](CO)[C@H](O)[C@H](O)[C@H]4O)cc3)cc(CN(CC(=O)O)CC(=O)O)n2)Cc2cc(C#Cc3ccc(O[C@H]4O[C@H](CO)[C@H](O)[C@H](O)[C@H]4O)cc3)cc(CN(CC(=O)O)CC(=O)O)n2)cc1. The Morgan fingerprint density at radius 2 is 0.826 bits per heavy atom. The fraction of sp³-hybridized carbons (Fsp3) is 0.373. The van der Waals surface area contributed by atoms with Gasteiger partial charge in [-0.05, 0) is 96.9 Å². The summed E-state index contributed by atoms with van der Waals surface area (Å²) in [5.74, 6) is 7.48. The maximum absolute atomic E-state index is 11.9. The average Bonchev–Trinajstić information content (AvgIpc) is 2.96. The van der Waals surface area contributed by atoms with Gasteiger partial charge in [0.05, 0.1) is 67.9 Å². The van der Waals surface area contributed by atoms with Crippen molar-refractivity contribution in [2.45, 2.75) is 94.0 Å². The third-order valence-corrected chi connectivity index (χ3v) is 13.3. The van der Waals surface area contributed by atoms with Crippen LogP contribution in [-0.4, -0.2) is 223 Å². The number of pyridine rings is 2. The van der Waals surface area contributed by atoms with Gasteiger partial charge in [0.1, 0.15) is 60.3 Å². The normalized spacial score (nSPS) is 21.8. The highest BCUT2D eigenvalue weighted by Gasteiger charge is 2.46. The molecule has 0 bridgehead atoms. The third kappa shape index (κ3) is 19.2. The lowest BCUT2D eigenvalue weighted by Crippen LogP contribution is -2.60. The molecule has 2 fully saturated rings. The molecule has 7 rings (SSSR count). The minimum Gasteiger partial charge on any atom is -0.480 e. The van der Waals surface area contributed by atoms with Crippen LogP contribution < -0.4 is 9.47 Å². The maximum atomic E-state index is 11.9. The molecule has 5 aromatic rings. The van der Waals surface area contributed by atoms with Crippen LogP contribution in [0.25, 0.3) is 0 Å². The average molecular weight is 1190 g/mol. The fourth-order valence-corrected chi connectivity index (χ4v) is 9.20. The highest BCUT2D eigenvalue weighted by Crippen LogP contribution is 2.27. The summed E-state index contributed by atoms with van der Waals surface area (Å²) in [6.07, 6.45) is -13.2. The molecule has 0 saturated carbocycles. The van der Waals surface area contributed by atoms with Gasteiger partial charge < -0.3 is 80.2 Å². The van der Waals surface area contributed by atoms with Crippen molar-refractivity contribution in [3.8, 4) is 35.2 Å². The van der Waals surface area contributed by atoms with Crippen LogP contribution in [0.1, 0.15) is 50.6 Å². The Bertz CT molecular complexity index is 3100. The van der Waals surface area contributed by atoms with Crippen LogP contribution in [0.4, 0.5) is 5.69 Å². The molecule has 0 radical (unpaired) electrons. The number of carboxylic acid groups (broad SMARTS) is 4. The van der Waals surface area contributed by atoms with Gasteiger partial charge in [-0.3, -0.25) is 43.8 Å². The molecule has 3 aromatic carbocycles. The molecule has 2 aromatic heterocycles. The summed E-state index contributed by atoms with van der Waals surface area (Å²) in [4.78, 5) is 76.2. The van der Waals surface area contributed by atoms with E-state index in [1.807, 2.05) is 4.90 Å². The maximum Gasteiger partial charge on any atom is 0.317 e. The molecule has 2 aliphatic heterocycles. The highest BCUT2D eigenvalue weighted by atomic mass is 16.7. The minimum atomic E-state index is -1.66. The van der Waals surface area contributed by atoms with E-state index in [1.54, 1.807) is 72.8 Å². The number of hydrogen-bond donors (Lipinski definition) is 12. The fourth-order valence-electron chi connectivity index (χ4n) is 9.20. The van der Waals surface area contributed by atoms with Crippen molar-refractivity contribution in [1.29, 1.82) is 0 Å². The number of hydrogen-bond acceptors (Lipinski definition) is 23. The van der Waals surface area contributed by atoms with Gasteiger partial charge in [-0.25, -0.2) is 4.79 Å². The predicted octanol–water partition coefficient (Wildman–Crippen LogP) is -1.21. The predicted molar refractivity (Wildman–Crippen MR) is 295 cm³/mol. The van der Waals surface area contributed by atoms with Crippen LogP contribution in [0, 0.1) is 23.7 Å². The molecule has 0 amide bonds. The van der Waals surface area contributed by atoms with Crippen LogP contribution in [0.5, 0.6) is 11.5 Å². The van der Waals surface area contributed by atoms with Gasteiger partial charge in [0.25, 0.3) is 0 Å². The number of ether oxygens (including phenoxy) is 4. The molecule has 27 heteroatoms. The molecule has 27 nitrogen and oxygen atoms in total. The number of aliphatic imine (C=N–C) groups is 1. The summed E-state index contributed by atoms with van der Waals surface area (Å²) >= 11 is 0. The summed E-state index contributed by atoms with van der Waals surface area (Å²) in [5, 5.41) is 120. The number of carboxylic acids is 4. The lowest BCUT2D eigenvalue weighted by molar-refractivity contribution is -0.277. The van der Waals surface area contributed by atoms with Gasteiger partial charge in [0.15, 0.2) is 0 Å². The van der Waals surface area contributed by atoms with Crippen molar-refractivity contribution in [2.24, 2.45) is 4.99 Å². The van der Waals surface area contributed by atoms with Crippen molar-refractivity contribution in [3.63, 3.8) is 0 Å². The van der Waals surface area contributed by atoms with Crippen molar-refractivity contribution < 1.29 is 104 Å². The monoisotopic (exact) mass is 1190 g/mol. The van der Waals surface area contributed by atoms with Crippen molar-refractivity contribution in [1.82, 2.24) is 24.7 Å². The van der Waals surface area contributed by atoms with Gasteiger partial charge in [-0.15, -0.1) is 0 Å². The van der Waals surface area contributed by atoms with E-state index in [0.717, 1.165) is 5.56 Å². The zero-order chi connectivity index (χ0) is 62.0. The Morgan fingerprint density at radius 1 is 0.477 bits per heavy atom. The topological polar surface area (TPSA) is 413 Å². The zero-order valence-corrected chi connectivity index (χ0v) is 45.7. The Balaban J connectivity index is 1.23. The van der Waals surface area contributed by atoms with Crippen molar-refractivity contribution in [3.05, 3.63) is 148 Å². The molecular formula is C59H62N6O21. The molecule has 454 valence electrons. The number of aliphatic hydroxyl groups excluding tert-OH is 8. The van der Waals surface area contributed by atoms with E-state index in [4.69, 9.17) is 28.9 Å². The first-order chi connectivity index (χ1) is 41.1. The summed E-state index contributed by atoms with van der Waals surface area (Å²) in [5.41, 5.74) is 4.18. The van der Waals surface area contributed by atoms with E-state index < -0.39 is 125 Å². The molecule has 0 unspecified atom stereocenters. The molecule has 86 heavy (non-hydrogen) atoms. The van der Waals surface area contributed by atoms with E-state index in [2.05, 4.69) is 28.7 Å². The Hall–Kier alpha value is -8.58. The van der Waals surface area contributed by atoms with Gasteiger partial charge in [0.2, 0.25) is 18.7 Å². The lowest BCUT2D eigenvalue weighted by atomic mass is 9.99. The Kier molecular flexibility index (Phi) is 23.4. The van der Waals surface area contributed by atoms with Crippen LogP contribution in [0.3, 0.4) is 0 Å². The number of isocyanates is 1. The first-order valence-corrected chi connectivity index (χ1v) is 26.5. The van der Waals surface area contributed by atoms with Crippen molar-refractivity contribution >= 4 is 35.6 Å². The largest absolute Gasteiger partial charge is 0.480 e. The lowest BCUT2D eigenvalue weighted by Gasteiger charge is -2.39. The van der Waals surface area contributed by atoms with E-state index in [-0.39, 0.29) is 49.1 Å². The van der Waals surface area contributed by atoms with Crippen LogP contribution in [-0.2, 0) is 66.0 Å². The molecule has 12 N–H and O–H groups in total. The van der Waals surface area contributed by atoms with E-state index >= 15 is 0 Å². The summed E-state index contributed by atoms with van der Waals surface area (Å²) < 4.78 is 22.3. The molecule has 2 saturated heterocycles. The summed E-state index contributed by atoms with van der Waals surface area (Å²) in [6, 6.07) is 25.7. The molecule has 0 aliphatic carbocycles. The highest BCUT2D eigenvalue weighted by molar-refractivity contribution is 5.73. The minimum absolute atomic E-state index is 0.0481. The van der Waals surface area contributed by atoms with Crippen LogP contribution >= 0.6 is 0 Å². The summed E-state index contributed by atoms with van der Waals surface area (Å²) in [7, 11) is 0. The number of nitrogens with zero attached hydrogens (tertiary/aromatic N) is 6. The Morgan fingerprint density at radius 3 is 1.16 bits per heavy atom. The van der Waals surface area contributed by atoms with Gasteiger partial charge in [-0.2, -0.15) is 4.99 Å². The second-order valence-corrected chi connectivity index (χ2v) is 20.1. The van der Waals surface area contributed by atoms with Gasteiger partial charge in [-0.1, -0.05) is 35.8 Å². The third-order valence-electron chi connectivity index (χ3n) is 13.3.